The largest absolute Gasteiger partial charge is 0.460 e. The van der Waals surface area contributed by atoms with Crippen molar-refractivity contribution in [2.24, 2.45) is 5.73 Å². The number of carbonyl (C=O) groups is 2. The fourth-order valence-electron chi connectivity index (χ4n) is 4.23. The molecule has 0 radical (unpaired) electrons. The van der Waals surface area contributed by atoms with Gasteiger partial charge in [0.15, 0.2) is 5.75 Å². The second-order valence-electron chi connectivity index (χ2n) is 8.08. The van der Waals surface area contributed by atoms with Gasteiger partial charge in [0.1, 0.15) is 22.6 Å². The molecule has 4 aromatic rings. The zero-order valence-corrected chi connectivity index (χ0v) is 17.8. The fourth-order valence-corrected chi connectivity index (χ4v) is 4.23. The number of carbonyl (C=O) groups excluding carboxylic acids is 2. The highest BCUT2D eigenvalue weighted by Crippen LogP contribution is 2.34. The number of aliphatic hydroxyl groups excluding tert-OH is 1. The van der Waals surface area contributed by atoms with E-state index in [-0.39, 0.29) is 11.9 Å². The van der Waals surface area contributed by atoms with Crippen molar-refractivity contribution in [2.75, 3.05) is 6.54 Å². The van der Waals surface area contributed by atoms with E-state index in [9.17, 15) is 14.7 Å². The van der Waals surface area contributed by atoms with E-state index in [0.29, 0.717) is 51.4 Å². The number of primary amides is 1. The van der Waals surface area contributed by atoms with E-state index < -0.39 is 12.0 Å². The lowest BCUT2D eigenvalue weighted by Crippen LogP contribution is -2.60. The van der Waals surface area contributed by atoms with Crippen LogP contribution < -0.4 is 10.5 Å². The van der Waals surface area contributed by atoms with Crippen LogP contribution in [0.2, 0.25) is 0 Å². The monoisotopic (exact) mass is 434 g/mol. The molecular weight excluding hydrogens is 412 g/mol. The quantitative estimate of drug-likeness (QED) is 0.509. The molecule has 1 aliphatic heterocycles. The number of aliphatic hydroxyl groups is 1. The molecule has 5 rings (SSSR count). The molecule has 1 aliphatic rings. The summed E-state index contributed by atoms with van der Waals surface area (Å²) in [6.45, 7) is 5.67. The maximum atomic E-state index is 13.0. The van der Waals surface area contributed by atoms with Crippen LogP contribution in [-0.2, 0) is 0 Å². The summed E-state index contributed by atoms with van der Waals surface area (Å²) in [6.07, 6.45) is 2.77. The lowest BCUT2D eigenvalue weighted by Gasteiger charge is -2.43. The Bertz CT molecular complexity index is 1400. The molecule has 9 nitrogen and oxygen atoms in total. The number of ether oxygens (including phenoxy) is 1. The van der Waals surface area contributed by atoms with Crippen LogP contribution in [0.15, 0.2) is 41.1 Å². The molecule has 164 valence electrons. The smallest absolute Gasteiger partial charge is 0.256 e. The summed E-state index contributed by atoms with van der Waals surface area (Å²) in [4.78, 5) is 26.3. The maximum Gasteiger partial charge on any atom is 0.256 e. The Balaban J connectivity index is 1.52. The average molecular weight is 434 g/mol. The van der Waals surface area contributed by atoms with Crippen molar-refractivity contribution in [1.29, 1.82) is 0 Å². The number of likely N-dealkylation sites (tertiary alicyclic amines) is 1. The number of nitrogens with two attached hydrogens (primary N) is 1. The summed E-state index contributed by atoms with van der Waals surface area (Å²) in [5, 5.41) is 14.7. The van der Waals surface area contributed by atoms with Crippen molar-refractivity contribution >= 4 is 28.3 Å². The number of aryl methyl sites for hydroxylation is 2. The van der Waals surface area contributed by atoms with E-state index >= 15 is 0 Å². The summed E-state index contributed by atoms with van der Waals surface area (Å²) in [5.41, 5.74) is 8.22. The van der Waals surface area contributed by atoms with Gasteiger partial charge in [0.05, 0.1) is 29.5 Å². The Morgan fingerprint density at radius 3 is 2.75 bits per heavy atom. The SMILES string of the molecule is Cc1oc2cc(Oc3ccnn4cc(C(=O)N5C[C@H](O)[C@@H]5C)c(C)c34)ccc2c1C(N)=O. The zero-order chi connectivity index (χ0) is 22.7. The number of amides is 2. The summed E-state index contributed by atoms with van der Waals surface area (Å²) in [5.74, 6) is 0.778. The van der Waals surface area contributed by atoms with Crippen LogP contribution in [0.3, 0.4) is 0 Å². The Kier molecular flexibility index (Phi) is 4.45. The minimum Gasteiger partial charge on any atom is -0.460 e. The lowest BCUT2D eigenvalue weighted by molar-refractivity contribution is -0.0357. The average Bonchev–Trinajstić information content (AvgIpc) is 3.27. The number of nitrogens with zero attached hydrogens (tertiary/aromatic N) is 3. The lowest BCUT2D eigenvalue weighted by atomic mass is 9.99. The van der Waals surface area contributed by atoms with Crippen LogP contribution in [0.5, 0.6) is 11.5 Å². The third-order valence-corrected chi connectivity index (χ3v) is 6.13. The highest BCUT2D eigenvalue weighted by molar-refractivity contribution is 6.06. The molecule has 2 amide bonds. The molecule has 9 heteroatoms. The number of β-amino-alcohol motifs (C(OH)–C–C–N with tert-alkyl or cyclic N) is 1. The predicted molar refractivity (Wildman–Crippen MR) is 116 cm³/mol. The minimum absolute atomic E-state index is 0.150. The van der Waals surface area contributed by atoms with Gasteiger partial charge in [-0.15, -0.1) is 0 Å². The van der Waals surface area contributed by atoms with E-state index in [0.717, 1.165) is 5.56 Å². The number of furan rings is 1. The highest BCUT2D eigenvalue weighted by Gasteiger charge is 2.38. The Morgan fingerprint density at radius 1 is 1.28 bits per heavy atom. The molecular formula is C23H22N4O5. The summed E-state index contributed by atoms with van der Waals surface area (Å²) >= 11 is 0. The number of fused-ring (bicyclic) bond motifs is 2. The highest BCUT2D eigenvalue weighted by atomic mass is 16.5. The molecule has 0 aliphatic carbocycles. The van der Waals surface area contributed by atoms with Crippen molar-refractivity contribution in [1.82, 2.24) is 14.5 Å². The van der Waals surface area contributed by atoms with Gasteiger partial charge in [0.2, 0.25) is 0 Å². The molecule has 1 fully saturated rings. The second kappa shape index (κ2) is 7.10. The van der Waals surface area contributed by atoms with Gasteiger partial charge in [-0.25, -0.2) is 4.52 Å². The number of aromatic nitrogens is 2. The van der Waals surface area contributed by atoms with Crippen molar-refractivity contribution in [2.45, 2.75) is 32.9 Å². The normalized spacial score (nSPS) is 18.2. The second-order valence-corrected chi connectivity index (χ2v) is 8.08. The summed E-state index contributed by atoms with van der Waals surface area (Å²) < 4.78 is 13.4. The molecule has 32 heavy (non-hydrogen) atoms. The van der Waals surface area contributed by atoms with Gasteiger partial charge < -0.3 is 24.9 Å². The van der Waals surface area contributed by atoms with Crippen LogP contribution >= 0.6 is 0 Å². The van der Waals surface area contributed by atoms with Crippen LogP contribution in [0.25, 0.3) is 16.5 Å². The molecule has 1 saturated heterocycles. The molecule has 0 bridgehead atoms. The Labute approximate surface area is 183 Å². The molecule has 2 atom stereocenters. The third kappa shape index (κ3) is 2.93. The summed E-state index contributed by atoms with van der Waals surface area (Å²) in [6, 6.07) is 6.66. The Hall–Kier alpha value is -3.85. The molecule has 4 heterocycles. The molecule has 1 aromatic carbocycles. The molecule has 3 N–H and O–H groups in total. The fraction of sp³-hybridized carbons (Fsp3) is 0.261. The van der Waals surface area contributed by atoms with E-state index in [2.05, 4.69) is 5.10 Å². The maximum absolute atomic E-state index is 13.0. The van der Waals surface area contributed by atoms with Crippen LogP contribution in [0.4, 0.5) is 0 Å². The van der Waals surface area contributed by atoms with Crippen LogP contribution in [0.1, 0.15) is 39.0 Å². The number of rotatable bonds is 4. The first-order chi connectivity index (χ1) is 15.3. The van der Waals surface area contributed by atoms with Gasteiger partial charge in [-0.2, -0.15) is 5.10 Å². The van der Waals surface area contributed by atoms with E-state index in [1.54, 1.807) is 53.0 Å². The first-order valence-corrected chi connectivity index (χ1v) is 10.2. The van der Waals surface area contributed by atoms with Crippen molar-refractivity contribution in [3.8, 4) is 11.5 Å². The van der Waals surface area contributed by atoms with Crippen molar-refractivity contribution in [3.63, 3.8) is 0 Å². The molecule has 0 saturated carbocycles. The van der Waals surface area contributed by atoms with Crippen LogP contribution in [-0.4, -0.2) is 50.1 Å². The first kappa shape index (κ1) is 20.1. The van der Waals surface area contributed by atoms with Crippen LogP contribution in [0, 0.1) is 13.8 Å². The van der Waals surface area contributed by atoms with E-state index in [4.69, 9.17) is 14.9 Å². The number of hydrogen-bond donors (Lipinski definition) is 2. The standard InChI is InChI=1S/C23H22N4O5/c1-11-16(23(30)26-10-17(28)12(26)2)9-27-21(11)18(6-7-25-27)32-14-4-5-15-19(8-14)31-13(3)20(15)22(24)29/h4-9,12,17,28H,10H2,1-3H3,(H2,24,29)/t12-,17-/m0/s1. The zero-order valence-electron chi connectivity index (χ0n) is 17.8. The Morgan fingerprint density at radius 2 is 2.06 bits per heavy atom. The number of hydrogen-bond acceptors (Lipinski definition) is 6. The van der Waals surface area contributed by atoms with E-state index in [1.807, 2.05) is 13.8 Å². The van der Waals surface area contributed by atoms with Gasteiger partial charge in [-0.05, 0) is 38.5 Å². The third-order valence-electron chi connectivity index (χ3n) is 6.13. The first-order valence-electron chi connectivity index (χ1n) is 10.2. The topological polar surface area (TPSA) is 123 Å². The predicted octanol–water partition coefficient (Wildman–Crippen LogP) is 2.79. The molecule has 0 unspecified atom stereocenters. The van der Waals surface area contributed by atoms with Gasteiger partial charge >= 0.3 is 0 Å². The van der Waals surface area contributed by atoms with Gasteiger partial charge in [-0.1, -0.05) is 0 Å². The number of benzene rings is 1. The minimum atomic E-state index is -0.546. The molecule has 3 aromatic heterocycles. The van der Waals surface area contributed by atoms with E-state index in [1.165, 1.54) is 0 Å². The van der Waals surface area contributed by atoms with Crippen molar-refractivity contribution in [3.05, 3.63) is 59.1 Å². The summed E-state index contributed by atoms with van der Waals surface area (Å²) in [7, 11) is 0. The van der Waals surface area contributed by atoms with Gasteiger partial charge in [0, 0.05) is 30.3 Å². The van der Waals surface area contributed by atoms with Gasteiger partial charge in [-0.3, -0.25) is 9.59 Å². The molecule has 0 spiro atoms. The van der Waals surface area contributed by atoms with Gasteiger partial charge in [0.25, 0.3) is 11.8 Å². The van der Waals surface area contributed by atoms with Crippen molar-refractivity contribution < 1.29 is 23.8 Å².